The van der Waals surface area contributed by atoms with Gasteiger partial charge in [0.15, 0.2) is 6.29 Å². The van der Waals surface area contributed by atoms with Crippen LogP contribution in [0, 0.1) is 0 Å². The maximum absolute atomic E-state index is 12.3. The molecule has 10 atom stereocenters. The third kappa shape index (κ3) is 13.2. The van der Waals surface area contributed by atoms with Gasteiger partial charge in [-0.3, -0.25) is 4.18 Å². The first-order valence-corrected chi connectivity index (χ1v) is 17.4. The summed E-state index contributed by atoms with van der Waals surface area (Å²) in [7, 11) is -3.96. The summed E-state index contributed by atoms with van der Waals surface area (Å²) in [5.41, 5.74) is -0.470. The number of aliphatic hydroxyl groups excluding tert-OH is 7. The van der Waals surface area contributed by atoms with Crippen molar-refractivity contribution in [2.75, 3.05) is 77.6 Å². The fraction of sp³-hybridized carbons (Fsp3) is 0.920. The number of nitrogens with zero attached hydrogens (tertiary/aromatic N) is 2. The van der Waals surface area contributed by atoms with Gasteiger partial charge in [0.05, 0.1) is 84.6 Å². The smallest absolute Gasteiger partial charge is 0.268 e. The number of rotatable bonds is 23. The minimum atomic E-state index is -3.96. The Kier molecular flexibility index (Phi) is 18.1. The molecule has 0 bridgehead atoms. The standard InChI is InChI=1S/C25H45N3O17S2/c29-12-16-18(31)19(32)21(34)24(43-16)45-23-17(13-30)44-25(22(35)20(23)33)46-9-10-47(36,37)42-8-7-40-4-3-38-1-2-39-5-6-41-14-15-11-26-28-27-15/h11,16-25,29-35H,1-10,12-14H2,(H,26,27,28)/t16-,17-,18+,19+,20-,21-,22-,23-,24+,25+/m1/s1. The average molecular weight is 724 g/mol. The van der Waals surface area contributed by atoms with Crippen LogP contribution in [-0.2, 0) is 54.1 Å². The van der Waals surface area contributed by atoms with E-state index in [1.807, 2.05) is 0 Å². The Morgan fingerprint density at radius 1 is 0.766 bits per heavy atom. The SMILES string of the molecule is O=S(=O)(CCS[C@@H]1O[C@H](CO)[C@@H](O[C@@H]2O[C@H](CO)[C@H](O)[C@H](O)[C@H]2O)[C@H](O)[C@H]1O)OCCOCCOCCOCCOCc1cn[nH]n1. The zero-order valence-electron chi connectivity index (χ0n) is 25.5. The van der Waals surface area contributed by atoms with Gasteiger partial charge in [0.1, 0.15) is 60.0 Å². The van der Waals surface area contributed by atoms with Crippen molar-refractivity contribution in [1.29, 1.82) is 0 Å². The fourth-order valence-electron chi connectivity index (χ4n) is 4.37. The van der Waals surface area contributed by atoms with Crippen molar-refractivity contribution >= 4 is 21.9 Å². The number of H-pyrrole nitrogens is 1. The van der Waals surface area contributed by atoms with Crippen LogP contribution in [0.4, 0.5) is 0 Å². The van der Waals surface area contributed by atoms with E-state index >= 15 is 0 Å². The number of ether oxygens (including phenoxy) is 7. The summed E-state index contributed by atoms with van der Waals surface area (Å²) < 4.78 is 67.2. The highest BCUT2D eigenvalue weighted by Gasteiger charge is 2.50. The quantitative estimate of drug-likeness (QED) is 0.0388. The van der Waals surface area contributed by atoms with E-state index in [0.29, 0.717) is 38.7 Å². The molecular weight excluding hydrogens is 678 g/mol. The van der Waals surface area contributed by atoms with Crippen molar-refractivity contribution < 1.29 is 81.5 Å². The number of nitrogens with one attached hydrogen (secondary N) is 1. The predicted molar refractivity (Wildman–Crippen MR) is 157 cm³/mol. The Balaban J connectivity index is 1.24. The second-order valence-electron chi connectivity index (χ2n) is 10.3. The van der Waals surface area contributed by atoms with Crippen LogP contribution in [0.3, 0.4) is 0 Å². The number of thioether (sulfide) groups is 1. The van der Waals surface area contributed by atoms with E-state index in [1.165, 1.54) is 0 Å². The molecule has 1 aromatic rings. The molecule has 0 radical (unpaired) electrons. The Hall–Kier alpha value is -1.16. The third-order valence-electron chi connectivity index (χ3n) is 6.90. The van der Waals surface area contributed by atoms with Crippen molar-refractivity contribution in [2.24, 2.45) is 0 Å². The molecule has 1 aromatic heterocycles. The maximum Gasteiger partial charge on any atom is 0.268 e. The number of hydrogen-bond donors (Lipinski definition) is 8. The molecule has 22 heteroatoms. The van der Waals surface area contributed by atoms with E-state index in [1.54, 1.807) is 6.20 Å². The van der Waals surface area contributed by atoms with Crippen LogP contribution >= 0.6 is 11.8 Å². The number of hydrogen-bond acceptors (Lipinski definition) is 20. The Morgan fingerprint density at radius 3 is 1.98 bits per heavy atom. The number of aromatic nitrogens is 3. The van der Waals surface area contributed by atoms with Gasteiger partial charge in [0, 0.05) is 5.75 Å². The van der Waals surface area contributed by atoms with Gasteiger partial charge in [-0.2, -0.15) is 23.8 Å². The lowest BCUT2D eigenvalue weighted by Gasteiger charge is -2.46. The summed E-state index contributed by atoms with van der Waals surface area (Å²) >= 11 is 0.854. The molecule has 2 saturated heterocycles. The predicted octanol–water partition coefficient (Wildman–Crippen LogP) is -4.93. The molecule has 0 saturated carbocycles. The van der Waals surface area contributed by atoms with Crippen LogP contribution in [-0.4, -0.2) is 198 Å². The van der Waals surface area contributed by atoms with Crippen LogP contribution in [0.1, 0.15) is 5.69 Å². The molecule has 2 aliphatic rings. The van der Waals surface area contributed by atoms with Crippen LogP contribution in [0.5, 0.6) is 0 Å². The zero-order chi connectivity index (χ0) is 34.2. The monoisotopic (exact) mass is 723 g/mol. The van der Waals surface area contributed by atoms with Gasteiger partial charge < -0.3 is 68.9 Å². The highest BCUT2D eigenvalue weighted by molar-refractivity contribution is 8.00. The minimum Gasteiger partial charge on any atom is -0.394 e. The zero-order valence-corrected chi connectivity index (χ0v) is 27.1. The van der Waals surface area contributed by atoms with Gasteiger partial charge in [-0.15, -0.1) is 11.8 Å². The highest BCUT2D eigenvalue weighted by Crippen LogP contribution is 2.32. The molecule has 2 fully saturated rings. The number of aromatic amines is 1. The number of aliphatic hydroxyl groups is 7. The van der Waals surface area contributed by atoms with Crippen molar-refractivity contribution in [3.8, 4) is 0 Å². The molecule has 3 rings (SSSR count). The fourth-order valence-corrected chi connectivity index (χ4v) is 6.82. The summed E-state index contributed by atoms with van der Waals surface area (Å²) in [4.78, 5) is 0. The van der Waals surface area contributed by atoms with Gasteiger partial charge in [-0.05, 0) is 0 Å². The van der Waals surface area contributed by atoms with Crippen LogP contribution in [0.25, 0.3) is 0 Å². The van der Waals surface area contributed by atoms with E-state index in [2.05, 4.69) is 15.4 Å². The summed E-state index contributed by atoms with van der Waals surface area (Å²) in [5.74, 6) is -0.555. The largest absolute Gasteiger partial charge is 0.394 e. The first-order chi connectivity index (χ1) is 22.6. The van der Waals surface area contributed by atoms with Gasteiger partial charge in [0.25, 0.3) is 10.1 Å². The Bertz CT molecular complexity index is 1070. The molecule has 0 aromatic carbocycles. The summed E-state index contributed by atoms with van der Waals surface area (Å²) in [6.07, 6.45) is -12.5. The Morgan fingerprint density at radius 2 is 1.38 bits per heavy atom. The molecule has 0 unspecified atom stereocenters. The molecule has 0 amide bonds. The van der Waals surface area contributed by atoms with Crippen LogP contribution < -0.4 is 0 Å². The lowest BCUT2D eigenvalue weighted by atomic mass is 9.97. The van der Waals surface area contributed by atoms with Crippen molar-refractivity contribution in [3.63, 3.8) is 0 Å². The first kappa shape index (κ1) is 40.3. The van der Waals surface area contributed by atoms with Gasteiger partial charge in [0.2, 0.25) is 0 Å². The van der Waals surface area contributed by atoms with E-state index in [0.717, 1.165) is 11.8 Å². The molecule has 274 valence electrons. The normalized spacial score (nSPS) is 31.7. The lowest BCUT2D eigenvalue weighted by Crippen LogP contribution is -2.64. The molecule has 2 aliphatic heterocycles. The van der Waals surface area contributed by atoms with Crippen LogP contribution in [0.15, 0.2) is 6.20 Å². The Labute approximate surface area is 275 Å². The van der Waals surface area contributed by atoms with E-state index < -0.39 is 89.6 Å². The molecule has 0 spiro atoms. The second-order valence-corrected chi connectivity index (χ2v) is 13.3. The highest BCUT2D eigenvalue weighted by atomic mass is 32.2. The first-order valence-electron chi connectivity index (χ1n) is 14.8. The summed E-state index contributed by atoms with van der Waals surface area (Å²) in [5, 5.41) is 80.6. The second kappa shape index (κ2) is 21.1. The van der Waals surface area contributed by atoms with E-state index in [9.17, 15) is 44.2 Å². The van der Waals surface area contributed by atoms with Gasteiger partial charge in [-0.1, -0.05) is 0 Å². The molecule has 3 heterocycles. The summed E-state index contributed by atoms with van der Waals surface area (Å²) in [6.45, 7) is 0.685. The third-order valence-corrected chi connectivity index (χ3v) is 9.54. The van der Waals surface area contributed by atoms with Crippen molar-refractivity contribution in [2.45, 2.75) is 67.2 Å². The van der Waals surface area contributed by atoms with E-state index in [4.69, 9.17) is 37.3 Å². The molecule has 47 heavy (non-hydrogen) atoms. The van der Waals surface area contributed by atoms with Crippen molar-refractivity contribution in [3.05, 3.63) is 11.9 Å². The lowest BCUT2D eigenvalue weighted by molar-refractivity contribution is -0.338. The molecule has 0 aliphatic carbocycles. The topological polar surface area (TPSA) is 291 Å². The van der Waals surface area contributed by atoms with Crippen LogP contribution in [0.2, 0.25) is 0 Å². The summed E-state index contributed by atoms with van der Waals surface area (Å²) in [6, 6.07) is 0. The van der Waals surface area contributed by atoms with E-state index in [-0.39, 0.29) is 32.2 Å². The molecule has 20 nitrogen and oxygen atoms in total. The van der Waals surface area contributed by atoms with Gasteiger partial charge >= 0.3 is 0 Å². The minimum absolute atomic E-state index is 0.000250. The van der Waals surface area contributed by atoms with Gasteiger partial charge in [-0.25, -0.2) is 0 Å². The average Bonchev–Trinajstić information content (AvgIpc) is 3.58. The maximum atomic E-state index is 12.3. The molecular formula is C25H45N3O17S2. The van der Waals surface area contributed by atoms with Crippen molar-refractivity contribution in [1.82, 2.24) is 15.4 Å². The molecule has 8 N–H and O–H groups in total.